The fourth-order valence-electron chi connectivity index (χ4n) is 1.95. The summed E-state index contributed by atoms with van der Waals surface area (Å²) < 4.78 is 5.06. The Hall–Kier alpha value is -2.96. The molecule has 0 aliphatic rings. The van der Waals surface area contributed by atoms with Crippen LogP contribution < -0.4 is 5.32 Å². The predicted molar refractivity (Wildman–Crippen MR) is 98.1 cm³/mol. The van der Waals surface area contributed by atoms with Gasteiger partial charge in [-0.2, -0.15) is 4.99 Å². The molecular weight excluding hydrogens is 320 g/mol. The molecule has 0 aliphatic carbocycles. The van der Waals surface area contributed by atoms with Crippen molar-refractivity contribution in [1.29, 1.82) is 0 Å². The van der Waals surface area contributed by atoms with E-state index in [-0.39, 0.29) is 11.8 Å². The number of anilines is 1. The van der Waals surface area contributed by atoms with Crippen LogP contribution in [0.15, 0.2) is 35.3 Å². The summed E-state index contributed by atoms with van der Waals surface area (Å²) in [4.78, 5) is 33.6. The predicted octanol–water partition coefficient (Wildman–Crippen LogP) is 3.17. The second-order valence-corrected chi connectivity index (χ2v) is 6.23. The van der Waals surface area contributed by atoms with Crippen LogP contribution in [0.2, 0.25) is 0 Å². The molecule has 132 valence electrons. The number of carbonyl (C=O) groups is 2. The lowest BCUT2D eigenvalue weighted by Gasteiger charge is -2.09. The van der Waals surface area contributed by atoms with E-state index in [1.807, 2.05) is 13.8 Å². The van der Waals surface area contributed by atoms with E-state index in [2.05, 4.69) is 15.3 Å². The van der Waals surface area contributed by atoms with Gasteiger partial charge in [0.25, 0.3) is 5.91 Å². The van der Waals surface area contributed by atoms with E-state index in [0.717, 1.165) is 5.39 Å². The number of pyridine rings is 1. The highest BCUT2D eigenvalue weighted by Crippen LogP contribution is 2.18. The van der Waals surface area contributed by atoms with E-state index in [1.54, 1.807) is 49.3 Å². The average Bonchev–Trinajstić information content (AvgIpc) is 2.57. The van der Waals surface area contributed by atoms with Crippen LogP contribution in [0.3, 0.4) is 0 Å². The normalized spacial score (nSPS) is 11.1. The van der Waals surface area contributed by atoms with Crippen molar-refractivity contribution >= 4 is 35.1 Å². The maximum absolute atomic E-state index is 12.0. The highest BCUT2D eigenvalue weighted by atomic mass is 16.5. The number of nitrogens with zero attached hydrogens (tertiary/aromatic N) is 3. The van der Waals surface area contributed by atoms with Crippen molar-refractivity contribution in [3.63, 3.8) is 0 Å². The molecule has 1 aromatic heterocycles. The molecule has 2 amide bonds. The van der Waals surface area contributed by atoms with Crippen LogP contribution in [-0.4, -0.2) is 48.9 Å². The second-order valence-electron chi connectivity index (χ2n) is 6.23. The lowest BCUT2D eigenvalue weighted by Crippen LogP contribution is -2.17. The van der Waals surface area contributed by atoms with Gasteiger partial charge in [0.2, 0.25) is 0 Å². The van der Waals surface area contributed by atoms with Crippen molar-refractivity contribution < 1.29 is 14.3 Å². The molecule has 0 saturated carbocycles. The molecule has 0 saturated heterocycles. The number of hydrogen-bond acceptors (Lipinski definition) is 4. The zero-order chi connectivity index (χ0) is 18.4. The summed E-state index contributed by atoms with van der Waals surface area (Å²) >= 11 is 0. The summed E-state index contributed by atoms with van der Waals surface area (Å²) in [6.45, 7) is 4.27. The summed E-state index contributed by atoms with van der Waals surface area (Å²) in [7, 11) is 3.59. The quantitative estimate of drug-likeness (QED) is 0.666. The first-order valence-electron chi connectivity index (χ1n) is 7.94. The molecule has 25 heavy (non-hydrogen) atoms. The van der Waals surface area contributed by atoms with Crippen molar-refractivity contribution in [2.45, 2.75) is 13.8 Å². The van der Waals surface area contributed by atoms with Gasteiger partial charge in [0, 0.05) is 25.0 Å². The second kappa shape index (κ2) is 8.23. The van der Waals surface area contributed by atoms with E-state index in [9.17, 15) is 9.59 Å². The Morgan fingerprint density at radius 3 is 2.72 bits per heavy atom. The van der Waals surface area contributed by atoms with Crippen LogP contribution in [0.25, 0.3) is 10.9 Å². The first-order valence-corrected chi connectivity index (χ1v) is 7.94. The molecular formula is C18H22N4O3. The van der Waals surface area contributed by atoms with Gasteiger partial charge in [-0.1, -0.05) is 13.8 Å². The number of nitrogens with one attached hydrogen (secondary N) is 1. The smallest absolute Gasteiger partial charge is 0.412 e. The van der Waals surface area contributed by atoms with E-state index in [0.29, 0.717) is 23.5 Å². The Balaban J connectivity index is 2.12. The zero-order valence-electron chi connectivity index (χ0n) is 14.8. The van der Waals surface area contributed by atoms with Gasteiger partial charge in [-0.3, -0.25) is 10.1 Å². The van der Waals surface area contributed by atoms with Crippen LogP contribution in [0.5, 0.6) is 0 Å². The summed E-state index contributed by atoms with van der Waals surface area (Å²) in [5.41, 5.74) is 1.14. The maximum Gasteiger partial charge on any atom is 0.412 e. The first kappa shape index (κ1) is 18.4. The van der Waals surface area contributed by atoms with Gasteiger partial charge in [-0.25, -0.2) is 9.78 Å². The minimum atomic E-state index is -0.537. The molecule has 0 spiro atoms. The number of hydrogen-bond donors (Lipinski definition) is 1. The van der Waals surface area contributed by atoms with E-state index >= 15 is 0 Å². The Morgan fingerprint density at radius 2 is 2.04 bits per heavy atom. The van der Waals surface area contributed by atoms with Gasteiger partial charge in [-0.05, 0) is 36.2 Å². The molecule has 0 radical (unpaired) electrons. The van der Waals surface area contributed by atoms with Crippen LogP contribution in [0.4, 0.5) is 10.6 Å². The number of carbonyl (C=O) groups excluding carboxylic acids is 2. The Bertz CT molecular complexity index is 800. The largest absolute Gasteiger partial charge is 0.449 e. The third-order valence-electron chi connectivity index (χ3n) is 3.12. The monoisotopic (exact) mass is 342 g/mol. The lowest BCUT2D eigenvalue weighted by molar-refractivity contribution is 0.100. The first-order chi connectivity index (χ1) is 11.8. The number of amides is 2. The van der Waals surface area contributed by atoms with E-state index in [1.165, 1.54) is 6.34 Å². The highest BCUT2D eigenvalue weighted by Gasteiger charge is 2.08. The van der Waals surface area contributed by atoms with Gasteiger partial charge in [0.05, 0.1) is 18.5 Å². The topological polar surface area (TPSA) is 83.9 Å². The molecule has 0 fully saturated rings. The number of rotatable bonds is 5. The Kier molecular flexibility index (Phi) is 6.05. The van der Waals surface area contributed by atoms with Crippen LogP contribution >= 0.6 is 0 Å². The molecule has 1 heterocycles. The van der Waals surface area contributed by atoms with Gasteiger partial charge in [0.15, 0.2) is 0 Å². The fourth-order valence-corrected chi connectivity index (χ4v) is 1.95. The molecule has 7 heteroatoms. The molecule has 2 rings (SSSR count). The van der Waals surface area contributed by atoms with Crippen molar-refractivity contribution in [3.8, 4) is 0 Å². The van der Waals surface area contributed by atoms with Gasteiger partial charge in [-0.15, -0.1) is 0 Å². The SMILES string of the molecule is CC(C)COC(=O)Nc1ccc2cc(C(=O)/N=C/N(C)C)ccc2n1. The summed E-state index contributed by atoms with van der Waals surface area (Å²) in [5, 5.41) is 3.38. The minimum Gasteiger partial charge on any atom is -0.449 e. The van der Waals surface area contributed by atoms with Crippen LogP contribution in [0, 0.1) is 5.92 Å². The van der Waals surface area contributed by atoms with Gasteiger partial charge in [0.1, 0.15) is 5.82 Å². The fraction of sp³-hybridized carbons (Fsp3) is 0.333. The molecule has 7 nitrogen and oxygen atoms in total. The highest BCUT2D eigenvalue weighted by molar-refractivity contribution is 6.01. The molecule has 0 bridgehead atoms. The zero-order valence-corrected chi connectivity index (χ0v) is 14.8. The minimum absolute atomic E-state index is 0.265. The summed E-state index contributed by atoms with van der Waals surface area (Å²) in [6.07, 6.45) is 0.922. The Labute approximate surface area is 146 Å². The number of fused-ring (bicyclic) bond motifs is 1. The van der Waals surface area contributed by atoms with Crippen molar-refractivity contribution in [2.24, 2.45) is 10.9 Å². The molecule has 1 N–H and O–H groups in total. The third-order valence-corrected chi connectivity index (χ3v) is 3.12. The number of aliphatic imine (C=N–C) groups is 1. The molecule has 0 aliphatic heterocycles. The Morgan fingerprint density at radius 1 is 1.28 bits per heavy atom. The average molecular weight is 342 g/mol. The summed E-state index contributed by atoms with van der Waals surface area (Å²) in [6, 6.07) is 8.55. The standard InChI is InChI=1S/C18H22N4O3/c1-12(2)10-25-18(24)21-16-8-6-13-9-14(5-7-15(13)20-16)17(23)19-11-22(3)4/h5-9,11-12H,10H2,1-4H3,(H,20,21,24)/b19-11+. The molecule has 1 aromatic carbocycles. The molecule has 0 atom stereocenters. The van der Waals surface area contributed by atoms with Crippen LogP contribution in [0.1, 0.15) is 24.2 Å². The number of benzene rings is 1. The summed E-state index contributed by atoms with van der Waals surface area (Å²) in [5.74, 6) is 0.336. The molecule has 2 aromatic rings. The van der Waals surface area contributed by atoms with E-state index in [4.69, 9.17) is 4.74 Å². The number of ether oxygens (including phenoxy) is 1. The number of aromatic nitrogens is 1. The third kappa shape index (κ3) is 5.56. The van der Waals surface area contributed by atoms with Crippen molar-refractivity contribution in [3.05, 3.63) is 35.9 Å². The lowest BCUT2D eigenvalue weighted by atomic mass is 10.1. The maximum atomic E-state index is 12.0. The molecule has 0 unspecified atom stereocenters. The van der Waals surface area contributed by atoms with Crippen LogP contribution in [-0.2, 0) is 4.74 Å². The van der Waals surface area contributed by atoms with Crippen molar-refractivity contribution in [1.82, 2.24) is 9.88 Å². The van der Waals surface area contributed by atoms with E-state index < -0.39 is 6.09 Å². The van der Waals surface area contributed by atoms with Gasteiger partial charge < -0.3 is 9.64 Å². The van der Waals surface area contributed by atoms with Crippen molar-refractivity contribution in [2.75, 3.05) is 26.0 Å². The van der Waals surface area contributed by atoms with Gasteiger partial charge >= 0.3 is 6.09 Å².